The van der Waals surface area contributed by atoms with Gasteiger partial charge >= 0.3 is 0 Å². The molecule has 0 atom stereocenters. The van der Waals surface area contributed by atoms with Crippen molar-refractivity contribution in [2.75, 3.05) is 0 Å². The molecule has 0 saturated heterocycles. The molecule has 0 amide bonds. The summed E-state index contributed by atoms with van der Waals surface area (Å²) in [5.74, 6) is 0.489. The van der Waals surface area contributed by atoms with Gasteiger partial charge in [-0.3, -0.25) is 9.97 Å². The van der Waals surface area contributed by atoms with Crippen molar-refractivity contribution in [1.29, 1.82) is 0 Å². The lowest BCUT2D eigenvalue weighted by molar-refractivity contribution is 0.569. The van der Waals surface area contributed by atoms with Crippen LogP contribution in [-0.2, 0) is 12.5 Å². The third-order valence-electron chi connectivity index (χ3n) is 5.04. The predicted molar refractivity (Wildman–Crippen MR) is 124 cm³/mol. The van der Waals surface area contributed by atoms with Crippen LogP contribution in [-0.4, -0.2) is 19.5 Å². The minimum Gasteiger partial charge on any atom is -0.320 e. The minimum absolute atomic E-state index is 0.0373. The van der Waals surface area contributed by atoms with E-state index in [1.807, 2.05) is 67.2 Å². The summed E-state index contributed by atoms with van der Waals surface area (Å²) in [5.41, 5.74) is 4.28. The van der Waals surface area contributed by atoms with Crippen LogP contribution in [0, 0.1) is 12.7 Å². The van der Waals surface area contributed by atoms with Gasteiger partial charge in [0.25, 0.3) is 0 Å². The van der Waals surface area contributed by atoms with E-state index in [4.69, 9.17) is 4.98 Å². The molecule has 0 N–H and O–H groups in total. The molecule has 0 saturated carbocycles. The van der Waals surface area contributed by atoms with Crippen molar-refractivity contribution in [3.8, 4) is 22.8 Å². The van der Waals surface area contributed by atoms with Crippen molar-refractivity contribution in [3.05, 3.63) is 78.0 Å². The summed E-state index contributed by atoms with van der Waals surface area (Å²) in [5, 5.41) is 0.841. The highest BCUT2D eigenvalue weighted by Gasteiger charge is 2.22. The Labute approximate surface area is 186 Å². The Balaban J connectivity index is 1.85. The zero-order valence-electron chi connectivity index (χ0n) is 18.3. The summed E-state index contributed by atoms with van der Waals surface area (Å²) in [6, 6.07) is 15.1. The van der Waals surface area contributed by atoms with E-state index in [0.29, 0.717) is 4.90 Å². The molecule has 0 aliphatic carbocycles. The van der Waals surface area contributed by atoms with E-state index in [1.165, 1.54) is 11.8 Å². The van der Waals surface area contributed by atoms with Crippen molar-refractivity contribution in [3.63, 3.8) is 0 Å². The lowest BCUT2D eigenvalue weighted by Crippen LogP contribution is -2.12. The molecule has 0 spiro atoms. The van der Waals surface area contributed by atoms with Gasteiger partial charge in [0.05, 0.1) is 0 Å². The molecular weight excluding hydrogens is 407 g/mol. The van der Waals surface area contributed by atoms with Crippen LogP contribution in [0.25, 0.3) is 22.8 Å². The fourth-order valence-electron chi connectivity index (χ4n) is 3.28. The molecule has 0 radical (unpaired) electrons. The average molecular weight is 433 g/mol. The quantitative estimate of drug-likeness (QED) is 0.372. The van der Waals surface area contributed by atoms with Gasteiger partial charge in [0.2, 0.25) is 0 Å². The van der Waals surface area contributed by atoms with Crippen molar-refractivity contribution in [1.82, 2.24) is 19.5 Å². The molecular formula is C25H25FN4S. The number of halogens is 1. The zero-order valence-corrected chi connectivity index (χ0v) is 19.2. The first-order chi connectivity index (χ1) is 14.7. The van der Waals surface area contributed by atoms with E-state index in [9.17, 15) is 4.39 Å². The Kier molecular flexibility index (Phi) is 5.67. The number of benzene rings is 1. The van der Waals surface area contributed by atoms with Gasteiger partial charge in [-0.25, -0.2) is 9.37 Å². The third-order valence-corrected chi connectivity index (χ3v) is 6.25. The van der Waals surface area contributed by atoms with Gasteiger partial charge in [0, 0.05) is 41.0 Å². The molecule has 31 heavy (non-hydrogen) atoms. The maximum Gasteiger partial charge on any atom is 0.159 e. The van der Waals surface area contributed by atoms with Crippen molar-refractivity contribution in [2.45, 2.75) is 43.0 Å². The van der Waals surface area contributed by atoms with Crippen LogP contribution in [0.2, 0.25) is 0 Å². The largest absolute Gasteiger partial charge is 0.320 e. The highest BCUT2D eigenvalue weighted by atomic mass is 32.2. The van der Waals surface area contributed by atoms with Crippen LogP contribution in [0.4, 0.5) is 4.39 Å². The van der Waals surface area contributed by atoms with E-state index in [2.05, 4.69) is 30.7 Å². The molecule has 158 valence electrons. The zero-order chi connectivity index (χ0) is 22.2. The Morgan fingerprint density at radius 2 is 1.81 bits per heavy atom. The summed E-state index contributed by atoms with van der Waals surface area (Å²) < 4.78 is 16.6. The lowest BCUT2D eigenvalue weighted by Gasteiger charge is -2.17. The van der Waals surface area contributed by atoms with Crippen molar-refractivity contribution in [2.24, 2.45) is 7.05 Å². The fourth-order valence-corrected chi connectivity index (χ4v) is 4.27. The standard InChI is InChI=1S/C25H25FN4S/c1-16-9-11-20(18(26)14-16)31-24-22(17-10-12-21(28-15-17)25(2,3)4)29-23(30(24)5)19-8-6-7-13-27-19/h6-15H,1-5H3. The monoisotopic (exact) mass is 432 g/mol. The Bertz CT molecular complexity index is 1210. The first-order valence-electron chi connectivity index (χ1n) is 10.1. The lowest BCUT2D eigenvalue weighted by atomic mass is 9.91. The van der Waals surface area contributed by atoms with E-state index in [1.54, 1.807) is 12.3 Å². The molecule has 0 bridgehead atoms. The summed E-state index contributed by atoms with van der Waals surface area (Å²) in [6.45, 7) is 8.29. The molecule has 6 heteroatoms. The minimum atomic E-state index is -0.238. The molecule has 1 aromatic carbocycles. The maximum absolute atomic E-state index is 14.6. The Morgan fingerprint density at radius 1 is 1.00 bits per heavy atom. The van der Waals surface area contributed by atoms with Gasteiger partial charge in [0.1, 0.15) is 22.2 Å². The van der Waals surface area contributed by atoms with Crippen LogP contribution >= 0.6 is 11.8 Å². The third kappa shape index (κ3) is 4.39. The summed E-state index contributed by atoms with van der Waals surface area (Å²) in [7, 11) is 1.94. The Hall–Kier alpha value is -2.99. The van der Waals surface area contributed by atoms with E-state index < -0.39 is 0 Å². The summed E-state index contributed by atoms with van der Waals surface area (Å²) in [4.78, 5) is 14.6. The van der Waals surface area contributed by atoms with Gasteiger partial charge in [-0.15, -0.1) is 0 Å². The summed E-state index contributed by atoms with van der Waals surface area (Å²) in [6.07, 6.45) is 3.59. The van der Waals surface area contributed by atoms with Crippen LogP contribution in [0.15, 0.2) is 70.8 Å². The number of hydrogen-bond acceptors (Lipinski definition) is 4. The van der Waals surface area contributed by atoms with Crippen molar-refractivity contribution >= 4 is 11.8 Å². The summed E-state index contributed by atoms with van der Waals surface area (Å²) >= 11 is 1.37. The van der Waals surface area contributed by atoms with Crippen molar-refractivity contribution < 1.29 is 4.39 Å². The number of imidazole rings is 1. The number of nitrogens with zero attached hydrogens (tertiary/aromatic N) is 4. The van der Waals surface area contributed by atoms with Crippen LogP contribution in [0.1, 0.15) is 32.0 Å². The van der Waals surface area contributed by atoms with E-state index >= 15 is 0 Å². The first-order valence-corrected chi connectivity index (χ1v) is 10.9. The highest BCUT2D eigenvalue weighted by Crippen LogP contribution is 2.39. The SMILES string of the molecule is Cc1ccc(Sc2c(-c3ccc(C(C)(C)C)nc3)nc(-c3ccccn3)n2C)c(F)c1. The topological polar surface area (TPSA) is 43.6 Å². The Morgan fingerprint density at radius 3 is 2.42 bits per heavy atom. The molecule has 3 aromatic heterocycles. The van der Waals surface area contributed by atoms with Gasteiger partial charge in [0.15, 0.2) is 5.82 Å². The first kappa shape index (κ1) is 21.2. The van der Waals surface area contributed by atoms with E-state index in [0.717, 1.165) is 39.1 Å². The van der Waals surface area contributed by atoms with Gasteiger partial charge in [-0.1, -0.05) is 44.7 Å². The fraction of sp³-hybridized carbons (Fsp3) is 0.240. The maximum atomic E-state index is 14.6. The number of aryl methyl sites for hydroxylation is 1. The number of aromatic nitrogens is 4. The molecule has 4 aromatic rings. The molecule has 0 aliphatic heterocycles. The second-order valence-corrected chi connectivity index (χ2v) is 9.61. The second kappa shape index (κ2) is 8.27. The van der Waals surface area contributed by atoms with Gasteiger partial charge in [-0.05, 0) is 48.9 Å². The smallest absolute Gasteiger partial charge is 0.159 e. The number of rotatable bonds is 4. The number of pyridine rings is 2. The van der Waals surface area contributed by atoms with Gasteiger partial charge in [-0.2, -0.15) is 0 Å². The second-order valence-electron chi connectivity index (χ2n) is 8.58. The van der Waals surface area contributed by atoms with E-state index in [-0.39, 0.29) is 11.2 Å². The van der Waals surface area contributed by atoms with Crippen LogP contribution in [0.3, 0.4) is 0 Å². The highest BCUT2D eigenvalue weighted by molar-refractivity contribution is 7.99. The van der Waals surface area contributed by atoms with Crippen LogP contribution < -0.4 is 0 Å². The van der Waals surface area contributed by atoms with Gasteiger partial charge < -0.3 is 4.57 Å². The molecule has 0 unspecified atom stereocenters. The molecule has 3 heterocycles. The molecule has 0 fully saturated rings. The molecule has 0 aliphatic rings. The average Bonchev–Trinajstić information content (AvgIpc) is 3.06. The number of hydrogen-bond donors (Lipinski definition) is 0. The normalized spacial score (nSPS) is 11.7. The predicted octanol–water partition coefficient (Wildman–Crippen LogP) is 6.44. The molecule has 4 rings (SSSR count). The molecule has 4 nitrogen and oxygen atoms in total. The van der Waals surface area contributed by atoms with Crippen LogP contribution in [0.5, 0.6) is 0 Å².